The Morgan fingerprint density at radius 3 is 2.39 bits per heavy atom. The van der Waals surface area contributed by atoms with E-state index in [0.717, 1.165) is 47.2 Å². The first kappa shape index (κ1) is 21.1. The van der Waals surface area contributed by atoms with Crippen LogP contribution in [0.15, 0.2) is 29.6 Å². The predicted octanol–water partition coefficient (Wildman–Crippen LogP) is 6.04. The highest BCUT2D eigenvalue weighted by Gasteiger charge is 2.50. The summed E-state index contributed by atoms with van der Waals surface area (Å²) in [6.07, 6.45) is 9.72. The van der Waals surface area contributed by atoms with Crippen molar-refractivity contribution in [2.45, 2.75) is 65.3 Å². The molecule has 0 spiro atoms. The summed E-state index contributed by atoms with van der Waals surface area (Å²) >= 11 is 1.58. The third kappa shape index (κ3) is 4.19. The zero-order valence-corrected chi connectivity index (χ0v) is 20.0. The summed E-state index contributed by atoms with van der Waals surface area (Å²) in [6, 6.07) is 8.16. The monoisotopic (exact) mass is 437 g/mol. The Hall–Kier alpha value is -1.72. The molecule has 6 rings (SSSR count). The molecule has 1 aromatic heterocycles. The number of nitrogens with zero attached hydrogens (tertiary/aromatic N) is 3. The van der Waals surface area contributed by atoms with Gasteiger partial charge in [0.1, 0.15) is 0 Å². The zero-order chi connectivity index (χ0) is 21.6. The van der Waals surface area contributed by atoms with E-state index < -0.39 is 0 Å². The average molecular weight is 438 g/mol. The van der Waals surface area contributed by atoms with E-state index in [1.54, 1.807) is 23.2 Å². The minimum absolute atomic E-state index is 0.0173. The van der Waals surface area contributed by atoms with Crippen molar-refractivity contribution in [2.24, 2.45) is 23.2 Å². The van der Waals surface area contributed by atoms with Crippen molar-refractivity contribution in [1.82, 2.24) is 9.88 Å². The van der Waals surface area contributed by atoms with E-state index in [0.29, 0.717) is 5.41 Å². The molecule has 4 bridgehead atoms. The van der Waals surface area contributed by atoms with Crippen molar-refractivity contribution < 1.29 is 4.79 Å². The van der Waals surface area contributed by atoms with Crippen LogP contribution in [0, 0.1) is 23.2 Å². The van der Waals surface area contributed by atoms with Crippen LogP contribution >= 0.6 is 11.3 Å². The van der Waals surface area contributed by atoms with Gasteiger partial charge in [0, 0.05) is 25.4 Å². The summed E-state index contributed by atoms with van der Waals surface area (Å²) in [5, 5.41) is 2.92. The largest absolute Gasteiger partial charge is 0.300 e. The van der Waals surface area contributed by atoms with Crippen molar-refractivity contribution in [3.63, 3.8) is 0 Å². The van der Waals surface area contributed by atoms with Gasteiger partial charge in [0.25, 0.3) is 0 Å². The molecule has 5 heteroatoms. The molecule has 0 atom stereocenters. The molecule has 4 aliphatic carbocycles. The highest BCUT2D eigenvalue weighted by Crippen LogP contribution is 2.60. The molecule has 4 saturated carbocycles. The standard InChI is InChI=1S/C26H35N3OS/c1-4-22-7-5-6-8-24(22)29(18(2)30)25-27-23(16-31-25)15-28(3)17-26-12-19-9-20(13-26)11-21(10-19)14-26/h5-8,16,19-21H,4,9-15,17H2,1-3H3. The van der Waals surface area contributed by atoms with E-state index in [2.05, 4.69) is 30.3 Å². The first-order valence-corrected chi connectivity index (χ1v) is 12.8. The Kier molecular flexibility index (Phi) is 5.68. The molecule has 2 aromatic rings. The van der Waals surface area contributed by atoms with Gasteiger partial charge in [-0.2, -0.15) is 0 Å². The third-order valence-corrected chi connectivity index (χ3v) is 8.74. The third-order valence-electron chi connectivity index (χ3n) is 7.86. The van der Waals surface area contributed by atoms with Gasteiger partial charge < -0.3 is 0 Å². The van der Waals surface area contributed by atoms with Gasteiger partial charge in [-0.05, 0) is 86.8 Å². The molecule has 1 aromatic carbocycles. The van der Waals surface area contributed by atoms with Gasteiger partial charge in [0.05, 0.1) is 11.4 Å². The van der Waals surface area contributed by atoms with E-state index in [1.165, 1.54) is 50.6 Å². The second-order valence-corrected chi connectivity index (χ2v) is 11.4. The average Bonchev–Trinajstić information content (AvgIpc) is 3.14. The van der Waals surface area contributed by atoms with Crippen molar-refractivity contribution in [2.75, 3.05) is 18.5 Å². The lowest BCUT2D eigenvalue weighted by atomic mass is 9.49. The highest BCUT2D eigenvalue weighted by molar-refractivity contribution is 7.14. The molecular formula is C26H35N3OS. The number of rotatable bonds is 7. The molecular weight excluding hydrogens is 402 g/mol. The maximum absolute atomic E-state index is 12.5. The van der Waals surface area contributed by atoms with Gasteiger partial charge in [0.2, 0.25) is 5.91 Å². The van der Waals surface area contributed by atoms with Gasteiger partial charge in [-0.15, -0.1) is 11.3 Å². The first-order valence-electron chi connectivity index (χ1n) is 12.0. The summed E-state index contributed by atoms with van der Waals surface area (Å²) < 4.78 is 0. The van der Waals surface area contributed by atoms with Crippen LogP contribution in [-0.2, 0) is 17.8 Å². The van der Waals surface area contributed by atoms with Crippen LogP contribution < -0.4 is 4.90 Å². The molecule has 4 fully saturated rings. The highest BCUT2D eigenvalue weighted by atomic mass is 32.1. The van der Waals surface area contributed by atoms with Gasteiger partial charge >= 0.3 is 0 Å². The summed E-state index contributed by atoms with van der Waals surface area (Å²) in [7, 11) is 2.26. The van der Waals surface area contributed by atoms with Crippen molar-refractivity contribution >= 4 is 28.1 Å². The molecule has 4 nitrogen and oxygen atoms in total. The van der Waals surface area contributed by atoms with Crippen LogP contribution in [0.25, 0.3) is 0 Å². The number of para-hydroxylation sites is 1. The number of carbonyl (C=O) groups excluding carboxylic acids is 1. The van der Waals surface area contributed by atoms with Crippen LogP contribution in [0.2, 0.25) is 0 Å². The number of aromatic nitrogens is 1. The number of benzene rings is 1. The number of anilines is 2. The molecule has 4 aliphatic rings. The molecule has 0 saturated heterocycles. The number of thiazole rings is 1. The number of carbonyl (C=O) groups is 1. The Labute approximate surface area is 190 Å². The molecule has 31 heavy (non-hydrogen) atoms. The van der Waals surface area contributed by atoms with Crippen LogP contribution in [-0.4, -0.2) is 29.4 Å². The first-order chi connectivity index (χ1) is 14.9. The predicted molar refractivity (Wildman–Crippen MR) is 128 cm³/mol. The lowest BCUT2D eigenvalue weighted by Gasteiger charge is -2.57. The Morgan fingerprint density at radius 2 is 1.77 bits per heavy atom. The van der Waals surface area contributed by atoms with Gasteiger partial charge in [-0.1, -0.05) is 25.1 Å². The fourth-order valence-corrected chi connectivity index (χ4v) is 8.17. The van der Waals surface area contributed by atoms with E-state index in [-0.39, 0.29) is 5.91 Å². The van der Waals surface area contributed by atoms with Crippen molar-refractivity contribution in [3.05, 3.63) is 40.9 Å². The van der Waals surface area contributed by atoms with Crippen LogP contribution in [0.1, 0.15) is 63.6 Å². The molecule has 0 aliphatic heterocycles. The topological polar surface area (TPSA) is 36.4 Å². The minimum atomic E-state index is 0.0173. The Morgan fingerprint density at radius 1 is 1.13 bits per heavy atom. The quantitative estimate of drug-likeness (QED) is 0.530. The van der Waals surface area contributed by atoms with Crippen LogP contribution in [0.4, 0.5) is 10.8 Å². The SMILES string of the molecule is CCc1ccccc1N(C(C)=O)c1nc(CN(C)CC23CC4CC(CC(C4)C2)C3)cs1. The number of amides is 1. The molecule has 1 heterocycles. The lowest BCUT2D eigenvalue weighted by molar-refractivity contribution is -0.115. The smallest absolute Gasteiger partial charge is 0.230 e. The van der Waals surface area contributed by atoms with Crippen LogP contribution in [0.5, 0.6) is 0 Å². The number of aryl methyl sites for hydroxylation is 1. The number of hydrogen-bond acceptors (Lipinski definition) is 4. The fraction of sp³-hybridized carbons (Fsp3) is 0.615. The molecule has 0 N–H and O–H groups in total. The van der Waals surface area contributed by atoms with Gasteiger partial charge in [-0.3, -0.25) is 14.6 Å². The Bertz CT molecular complexity index is 916. The maximum Gasteiger partial charge on any atom is 0.230 e. The lowest BCUT2D eigenvalue weighted by Crippen LogP contribution is -2.50. The van der Waals surface area contributed by atoms with Gasteiger partial charge in [-0.25, -0.2) is 4.98 Å². The van der Waals surface area contributed by atoms with Gasteiger partial charge in [0.15, 0.2) is 5.13 Å². The maximum atomic E-state index is 12.5. The minimum Gasteiger partial charge on any atom is -0.300 e. The normalized spacial score (nSPS) is 29.0. The van der Waals surface area contributed by atoms with E-state index in [9.17, 15) is 4.79 Å². The molecule has 166 valence electrons. The van der Waals surface area contributed by atoms with Crippen molar-refractivity contribution in [1.29, 1.82) is 0 Å². The Balaban J connectivity index is 1.29. The summed E-state index contributed by atoms with van der Waals surface area (Å²) in [4.78, 5) is 21.7. The second kappa shape index (κ2) is 8.32. The number of hydrogen-bond donors (Lipinski definition) is 0. The van der Waals surface area contributed by atoms with E-state index in [1.807, 2.05) is 18.2 Å². The molecule has 0 unspecified atom stereocenters. The summed E-state index contributed by atoms with van der Waals surface area (Å²) in [5.41, 5.74) is 3.76. The van der Waals surface area contributed by atoms with E-state index in [4.69, 9.17) is 4.98 Å². The molecule has 1 amide bonds. The van der Waals surface area contributed by atoms with Crippen molar-refractivity contribution in [3.8, 4) is 0 Å². The fourth-order valence-electron chi connectivity index (χ4n) is 7.30. The van der Waals surface area contributed by atoms with E-state index >= 15 is 0 Å². The summed E-state index contributed by atoms with van der Waals surface area (Å²) in [6.45, 7) is 5.81. The van der Waals surface area contributed by atoms with Crippen LogP contribution in [0.3, 0.4) is 0 Å². The zero-order valence-electron chi connectivity index (χ0n) is 19.1. The second-order valence-electron chi connectivity index (χ2n) is 10.5. The summed E-state index contributed by atoms with van der Waals surface area (Å²) in [5.74, 6) is 3.00. The molecule has 0 radical (unpaired) electrons.